The number of amides is 1. The fraction of sp³-hybridized carbons (Fsp3) is 0.350. The number of rotatable bonds is 5. The van der Waals surface area contributed by atoms with Crippen molar-refractivity contribution < 1.29 is 27.4 Å². The van der Waals surface area contributed by atoms with Crippen LogP contribution < -0.4 is 24.2 Å². The Morgan fingerprint density at radius 2 is 1.79 bits per heavy atom. The van der Waals surface area contributed by atoms with E-state index in [1.54, 1.807) is 18.2 Å². The standard InChI is InChI=1S/C20H22N2O6S/c1-13(23)21-16-12-15(6-8-17(16)26-2)29(24,25)22-14-5-7-18-19(11-14)28-20(27-18)9-3-4-10-20/h5-8,11-12,22H,3-4,9-10H2,1-2H3,(H,21,23). The molecule has 1 saturated carbocycles. The van der Waals surface area contributed by atoms with Crippen molar-refractivity contribution in [3.63, 3.8) is 0 Å². The molecule has 1 heterocycles. The summed E-state index contributed by atoms with van der Waals surface area (Å²) in [5, 5.41) is 2.57. The van der Waals surface area contributed by atoms with E-state index in [1.807, 2.05) is 0 Å². The molecule has 2 aliphatic rings. The van der Waals surface area contributed by atoms with Gasteiger partial charge in [-0.15, -0.1) is 0 Å². The minimum atomic E-state index is -3.89. The molecular weight excluding hydrogens is 396 g/mol. The van der Waals surface area contributed by atoms with E-state index in [0.717, 1.165) is 25.7 Å². The van der Waals surface area contributed by atoms with Crippen LogP contribution in [0.2, 0.25) is 0 Å². The van der Waals surface area contributed by atoms with Gasteiger partial charge in [0.15, 0.2) is 11.5 Å². The predicted octanol–water partition coefficient (Wildman–Crippen LogP) is 3.50. The van der Waals surface area contributed by atoms with Crippen molar-refractivity contribution in [1.29, 1.82) is 0 Å². The number of ether oxygens (including phenoxy) is 3. The number of anilines is 2. The van der Waals surface area contributed by atoms with Crippen LogP contribution in [0.1, 0.15) is 32.6 Å². The van der Waals surface area contributed by atoms with Crippen LogP contribution in [-0.2, 0) is 14.8 Å². The molecular formula is C20H22N2O6S. The van der Waals surface area contributed by atoms with Gasteiger partial charge >= 0.3 is 0 Å². The van der Waals surface area contributed by atoms with Gasteiger partial charge in [0.2, 0.25) is 5.91 Å². The number of hydrogen-bond acceptors (Lipinski definition) is 6. The van der Waals surface area contributed by atoms with Gasteiger partial charge in [-0.3, -0.25) is 9.52 Å². The lowest BCUT2D eigenvalue weighted by Gasteiger charge is -2.21. The maximum Gasteiger partial charge on any atom is 0.261 e. The second-order valence-corrected chi connectivity index (χ2v) is 8.81. The molecule has 0 unspecified atom stereocenters. The van der Waals surface area contributed by atoms with Crippen molar-refractivity contribution in [2.45, 2.75) is 43.3 Å². The van der Waals surface area contributed by atoms with E-state index in [2.05, 4.69) is 10.0 Å². The summed E-state index contributed by atoms with van der Waals surface area (Å²) < 4.78 is 45.4. The molecule has 2 aromatic rings. The van der Waals surface area contributed by atoms with E-state index in [9.17, 15) is 13.2 Å². The third kappa shape index (κ3) is 3.82. The minimum absolute atomic E-state index is 0.00743. The van der Waals surface area contributed by atoms with Crippen LogP contribution in [0.15, 0.2) is 41.3 Å². The molecule has 2 N–H and O–H groups in total. The molecule has 2 aromatic carbocycles. The molecule has 0 aromatic heterocycles. The Bertz CT molecular complexity index is 1060. The second-order valence-electron chi connectivity index (χ2n) is 7.13. The summed E-state index contributed by atoms with van der Waals surface area (Å²) in [6.45, 7) is 1.34. The van der Waals surface area contributed by atoms with E-state index >= 15 is 0 Å². The molecule has 154 valence electrons. The van der Waals surface area contributed by atoms with E-state index in [-0.39, 0.29) is 16.5 Å². The van der Waals surface area contributed by atoms with Crippen LogP contribution in [-0.4, -0.2) is 27.2 Å². The highest BCUT2D eigenvalue weighted by Crippen LogP contribution is 2.47. The first-order chi connectivity index (χ1) is 13.8. The minimum Gasteiger partial charge on any atom is -0.495 e. The summed E-state index contributed by atoms with van der Waals surface area (Å²) in [5.74, 6) is 0.572. The molecule has 1 aliphatic heterocycles. The number of hydrogen-bond donors (Lipinski definition) is 2. The van der Waals surface area contributed by atoms with E-state index < -0.39 is 15.8 Å². The van der Waals surface area contributed by atoms with Crippen molar-refractivity contribution in [1.82, 2.24) is 0 Å². The van der Waals surface area contributed by atoms with Crippen molar-refractivity contribution in [2.75, 3.05) is 17.1 Å². The van der Waals surface area contributed by atoms with E-state index in [1.165, 1.54) is 32.2 Å². The van der Waals surface area contributed by atoms with Gasteiger partial charge in [-0.1, -0.05) is 0 Å². The number of carbonyl (C=O) groups is 1. The van der Waals surface area contributed by atoms with Crippen LogP contribution in [0, 0.1) is 0 Å². The largest absolute Gasteiger partial charge is 0.495 e. The molecule has 0 saturated heterocycles. The first-order valence-corrected chi connectivity index (χ1v) is 10.8. The number of benzene rings is 2. The average Bonchev–Trinajstić information content (AvgIpc) is 3.26. The number of fused-ring (bicyclic) bond motifs is 1. The van der Waals surface area contributed by atoms with Crippen molar-refractivity contribution in [3.05, 3.63) is 36.4 Å². The molecule has 1 amide bonds. The summed E-state index contributed by atoms with van der Waals surface area (Å²) >= 11 is 0. The van der Waals surface area contributed by atoms with Gasteiger partial charge in [-0.05, 0) is 43.2 Å². The summed E-state index contributed by atoms with van der Waals surface area (Å²) in [5.41, 5.74) is 0.635. The molecule has 1 aliphatic carbocycles. The lowest BCUT2D eigenvalue weighted by molar-refractivity contribution is -0.114. The highest BCUT2D eigenvalue weighted by molar-refractivity contribution is 7.92. The van der Waals surface area contributed by atoms with Crippen LogP contribution in [0.5, 0.6) is 17.2 Å². The third-order valence-corrected chi connectivity index (χ3v) is 6.32. The predicted molar refractivity (Wildman–Crippen MR) is 107 cm³/mol. The fourth-order valence-electron chi connectivity index (χ4n) is 3.63. The first-order valence-electron chi connectivity index (χ1n) is 9.31. The summed E-state index contributed by atoms with van der Waals surface area (Å²) in [7, 11) is -2.45. The Hall–Kier alpha value is -2.94. The van der Waals surface area contributed by atoms with E-state index in [0.29, 0.717) is 22.9 Å². The van der Waals surface area contributed by atoms with Crippen molar-refractivity contribution in [3.8, 4) is 17.2 Å². The Morgan fingerprint density at radius 3 is 2.48 bits per heavy atom. The zero-order valence-corrected chi connectivity index (χ0v) is 17.0. The first kappa shape index (κ1) is 19.4. The number of sulfonamides is 1. The topological polar surface area (TPSA) is 103 Å². The van der Waals surface area contributed by atoms with E-state index in [4.69, 9.17) is 14.2 Å². The van der Waals surface area contributed by atoms with Gasteiger partial charge in [0.25, 0.3) is 15.8 Å². The zero-order chi connectivity index (χ0) is 20.6. The lowest BCUT2D eigenvalue weighted by atomic mass is 10.2. The van der Waals surface area contributed by atoms with Gasteiger partial charge in [-0.2, -0.15) is 0 Å². The van der Waals surface area contributed by atoms with Crippen LogP contribution in [0.3, 0.4) is 0 Å². The number of methoxy groups -OCH3 is 1. The van der Waals surface area contributed by atoms with Gasteiger partial charge < -0.3 is 19.5 Å². The molecule has 0 radical (unpaired) electrons. The zero-order valence-electron chi connectivity index (χ0n) is 16.2. The SMILES string of the molecule is COc1ccc(S(=O)(=O)Nc2ccc3c(c2)OC2(CCCC2)O3)cc1NC(C)=O. The molecule has 1 spiro atoms. The lowest BCUT2D eigenvalue weighted by Crippen LogP contribution is -2.34. The summed E-state index contributed by atoms with van der Waals surface area (Å²) in [4.78, 5) is 11.4. The van der Waals surface area contributed by atoms with Crippen LogP contribution in [0.4, 0.5) is 11.4 Å². The Labute approximate surface area is 169 Å². The summed E-state index contributed by atoms with van der Waals surface area (Å²) in [6.07, 6.45) is 3.73. The highest BCUT2D eigenvalue weighted by atomic mass is 32.2. The third-order valence-electron chi connectivity index (χ3n) is 4.95. The van der Waals surface area contributed by atoms with Crippen molar-refractivity contribution in [2.24, 2.45) is 0 Å². The van der Waals surface area contributed by atoms with Crippen LogP contribution >= 0.6 is 0 Å². The average molecular weight is 418 g/mol. The second kappa shape index (κ2) is 7.14. The molecule has 9 heteroatoms. The van der Waals surface area contributed by atoms with Gasteiger partial charge in [0.1, 0.15) is 5.75 Å². The highest BCUT2D eigenvalue weighted by Gasteiger charge is 2.44. The van der Waals surface area contributed by atoms with Crippen molar-refractivity contribution >= 4 is 27.3 Å². The molecule has 0 bridgehead atoms. The number of carbonyl (C=O) groups excluding carboxylic acids is 1. The molecule has 29 heavy (non-hydrogen) atoms. The maximum atomic E-state index is 12.9. The normalized spacial score (nSPS) is 16.6. The molecule has 8 nitrogen and oxygen atoms in total. The Balaban J connectivity index is 1.58. The smallest absolute Gasteiger partial charge is 0.261 e. The molecule has 4 rings (SSSR count). The quantitative estimate of drug-likeness (QED) is 0.770. The maximum absolute atomic E-state index is 12.9. The van der Waals surface area contributed by atoms with Gasteiger partial charge in [0, 0.05) is 25.8 Å². The van der Waals surface area contributed by atoms with Gasteiger partial charge in [0.05, 0.1) is 23.4 Å². The molecule has 0 atom stereocenters. The fourth-order valence-corrected chi connectivity index (χ4v) is 4.71. The molecule has 1 fully saturated rings. The Morgan fingerprint density at radius 1 is 1.07 bits per heavy atom. The van der Waals surface area contributed by atoms with Gasteiger partial charge in [-0.25, -0.2) is 8.42 Å². The Kier molecular flexibility index (Phi) is 4.77. The van der Waals surface area contributed by atoms with Crippen LogP contribution in [0.25, 0.3) is 0 Å². The monoisotopic (exact) mass is 418 g/mol. The number of nitrogens with one attached hydrogen (secondary N) is 2. The summed E-state index contributed by atoms with van der Waals surface area (Å²) in [6, 6.07) is 9.21.